The zero-order valence-electron chi connectivity index (χ0n) is 12.8. The molecule has 3 aromatic heterocycles. The number of benzene rings is 1. The van der Waals surface area contributed by atoms with Crippen molar-refractivity contribution in [1.29, 1.82) is 0 Å². The summed E-state index contributed by atoms with van der Waals surface area (Å²) < 4.78 is 1.96. The van der Waals surface area contributed by atoms with Crippen molar-refractivity contribution in [2.45, 2.75) is 0 Å². The van der Waals surface area contributed by atoms with E-state index < -0.39 is 5.91 Å². The first-order chi connectivity index (χ1) is 11.6. The molecule has 4 aromatic rings. The Hall–Kier alpha value is -2.92. The lowest BCUT2D eigenvalue weighted by atomic mass is 10.0. The van der Waals surface area contributed by atoms with E-state index in [0.29, 0.717) is 10.7 Å². The fourth-order valence-electron chi connectivity index (χ4n) is 3.12. The molecule has 3 heterocycles. The highest BCUT2D eigenvalue weighted by Gasteiger charge is 2.20. The van der Waals surface area contributed by atoms with Crippen LogP contribution in [0, 0.1) is 0 Å². The number of carbonyl (C=O) groups is 1. The van der Waals surface area contributed by atoms with Gasteiger partial charge in [0.15, 0.2) is 0 Å². The van der Waals surface area contributed by atoms with Crippen LogP contribution in [0.25, 0.3) is 33.1 Å². The second-order valence-electron chi connectivity index (χ2n) is 5.58. The number of pyridine rings is 2. The molecule has 0 spiro atoms. The molecule has 0 atom stereocenters. The van der Waals surface area contributed by atoms with Gasteiger partial charge >= 0.3 is 0 Å². The molecular formula is C18H13ClN4O. The summed E-state index contributed by atoms with van der Waals surface area (Å²) in [7, 11) is 1.91. The summed E-state index contributed by atoms with van der Waals surface area (Å²) >= 11 is 5.94. The van der Waals surface area contributed by atoms with E-state index in [2.05, 4.69) is 9.97 Å². The van der Waals surface area contributed by atoms with Gasteiger partial charge in [-0.2, -0.15) is 0 Å². The Labute approximate surface area is 142 Å². The molecule has 0 unspecified atom stereocenters. The molecule has 0 aliphatic heterocycles. The van der Waals surface area contributed by atoms with Crippen molar-refractivity contribution in [2.75, 3.05) is 0 Å². The number of aryl methyl sites for hydroxylation is 1. The van der Waals surface area contributed by atoms with Gasteiger partial charge in [0.25, 0.3) is 5.91 Å². The third-order valence-electron chi connectivity index (χ3n) is 4.18. The van der Waals surface area contributed by atoms with E-state index in [1.165, 1.54) is 0 Å². The molecule has 0 radical (unpaired) electrons. The lowest BCUT2D eigenvalue weighted by molar-refractivity contribution is 0.100. The van der Waals surface area contributed by atoms with E-state index in [1.54, 1.807) is 18.5 Å². The maximum atomic E-state index is 12.1. The van der Waals surface area contributed by atoms with Crippen molar-refractivity contribution in [3.8, 4) is 11.3 Å². The van der Waals surface area contributed by atoms with Gasteiger partial charge in [-0.05, 0) is 35.9 Å². The quantitative estimate of drug-likeness (QED) is 0.569. The fraction of sp³-hybridized carbons (Fsp3) is 0.0556. The number of fused-ring (bicyclic) bond motifs is 2. The van der Waals surface area contributed by atoms with Crippen LogP contribution < -0.4 is 5.73 Å². The van der Waals surface area contributed by atoms with Gasteiger partial charge in [-0.1, -0.05) is 17.7 Å². The summed E-state index contributed by atoms with van der Waals surface area (Å²) in [5.41, 5.74) is 9.49. The summed E-state index contributed by atoms with van der Waals surface area (Å²) in [6.45, 7) is 0. The molecule has 0 fully saturated rings. The van der Waals surface area contributed by atoms with Crippen LogP contribution in [0.1, 0.15) is 10.4 Å². The zero-order chi connectivity index (χ0) is 16.8. The molecule has 0 saturated heterocycles. The first-order valence-electron chi connectivity index (χ1n) is 7.35. The predicted octanol–water partition coefficient (Wildman–Crippen LogP) is 3.54. The number of amides is 1. The van der Waals surface area contributed by atoms with Crippen molar-refractivity contribution < 1.29 is 4.79 Å². The summed E-state index contributed by atoms with van der Waals surface area (Å²) in [6, 6.07) is 11.3. The third kappa shape index (κ3) is 2.13. The number of halogens is 1. The molecule has 1 aromatic carbocycles. The predicted molar refractivity (Wildman–Crippen MR) is 95.0 cm³/mol. The van der Waals surface area contributed by atoms with Crippen LogP contribution in [0.5, 0.6) is 0 Å². The largest absolute Gasteiger partial charge is 0.366 e. The molecular weight excluding hydrogens is 324 g/mol. The van der Waals surface area contributed by atoms with Gasteiger partial charge in [0, 0.05) is 30.2 Å². The van der Waals surface area contributed by atoms with Gasteiger partial charge < -0.3 is 10.3 Å². The molecule has 0 aliphatic rings. The lowest BCUT2D eigenvalue weighted by Gasteiger charge is -2.08. The van der Waals surface area contributed by atoms with Crippen LogP contribution in [-0.2, 0) is 7.05 Å². The SMILES string of the molecule is Cn1c(-c2ccc3nc(Cl)ccc3c2)c(C(N)=O)c2cnccc21. The topological polar surface area (TPSA) is 73.8 Å². The van der Waals surface area contributed by atoms with Crippen LogP contribution in [0.3, 0.4) is 0 Å². The summed E-state index contributed by atoms with van der Waals surface area (Å²) in [6.07, 6.45) is 3.37. The minimum absolute atomic E-state index is 0.448. The summed E-state index contributed by atoms with van der Waals surface area (Å²) in [5.74, 6) is -0.474. The zero-order valence-corrected chi connectivity index (χ0v) is 13.6. The van der Waals surface area contributed by atoms with Crippen molar-refractivity contribution in [2.24, 2.45) is 12.8 Å². The number of nitrogens with two attached hydrogens (primary N) is 1. The minimum Gasteiger partial charge on any atom is -0.366 e. The van der Waals surface area contributed by atoms with Gasteiger partial charge in [0.05, 0.1) is 22.3 Å². The van der Waals surface area contributed by atoms with Crippen LogP contribution in [0.2, 0.25) is 5.15 Å². The average Bonchev–Trinajstić information content (AvgIpc) is 2.88. The van der Waals surface area contributed by atoms with E-state index in [9.17, 15) is 4.79 Å². The molecule has 1 amide bonds. The normalized spacial score (nSPS) is 11.2. The monoisotopic (exact) mass is 336 g/mol. The molecule has 0 aliphatic carbocycles. The Morgan fingerprint density at radius 3 is 2.83 bits per heavy atom. The first-order valence-corrected chi connectivity index (χ1v) is 7.73. The Balaban J connectivity index is 2.06. The van der Waals surface area contributed by atoms with Crippen molar-refractivity contribution >= 4 is 39.3 Å². The van der Waals surface area contributed by atoms with Crippen LogP contribution >= 0.6 is 11.6 Å². The van der Waals surface area contributed by atoms with Crippen LogP contribution in [-0.4, -0.2) is 20.4 Å². The van der Waals surface area contributed by atoms with Crippen LogP contribution in [0.4, 0.5) is 0 Å². The Morgan fingerprint density at radius 2 is 2.04 bits per heavy atom. The molecule has 0 bridgehead atoms. The summed E-state index contributed by atoms with van der Waals surface area (Å²) in [4.78, 5) is 20.5. The fourth-order valence-corrected chi connectivity index (χ4v) is 3.28. The highest BCUT2D eigenvalue weighted by molar-refractivity contribution is 6.29. The van der Waals surface area contributed by atoms with E-state index in [4.69, 9.17) is 17.3 Å². The molecule has 6 heteroatoms. The highest BCUT2D eigenvalue weighted by Crippen LogP contribution is 2.33. The number of hydrogen-bond donors (Lipinski definition) is 1. The van der Waals surface area contributed by atoms with Gasteiger partial charge in [-0.25, -0.2) is 4.98 Å². The molecule has 24 heavy (non-hydrogen) atoms. The maximum Gasteiger partial charge on any atom is 0.251 e. The van der Waals surface area contributed by atoms with E-state index in [-0.39, 0.29) is 0 Å². The highest BCUT2D eigenvalue weighted by atomic mass is 35.5. The van der Waals surface area contributed by atoms with E-state index in [0.717, 1.165) is 33.1 Å². The second-order valence-corrected chi connectivity index (χ2v) is 5.97. The standard InChI is InChI=1S/C18H13ClN4O/c1-23-14-6-7-21-9-12(14)16(18(20)24)17(23)11-2-4-13-10(8-11)3-5-15(19)22-13/h2-9H,1H3,(H2,20,24). The van der Waals surface area contributed by atoms with Gasteiger partial charge in [-0.15, -0.1) is 0 Å². The smallest absolute Gasteiger partial charge is 0.251 e. The number of rotatable bonds is 2. The van der Waals surface area contributed by atoms with Crippen molar-refractivity contribution in [3.63, 3.8) is 0 Å². The number of hydrogen-bond acceptors (Lipinski definition) is 3. The lowest BCUT2D eigenvalue weighted by Crippen LogP contribution is -2.12. The Morgan fingerprint density at radius 1 is 1.21 bits per heavy atom. The molecule has 0 saturated carbocycles. The number of primary amides is 1. The molecule has 118 valence electrons. The number of carbonyl (C=O) groups excluding carboxylic acids is 1. The Bertz CT molecular complexity index is 1120. The molecule has 2 N–H and O–H groups in total. The first kappa shape index (κ1) is 14.7. The minimum atomic E-state index is -0.474. The van der Waals surface area contributed by atoms with Crippen molar-refractivity contribution in [1.82, 2.24) is 14.5 Å². The Kier molecular flexibility index (Phi) is 3.25. The average molecular weight is 337 g/mol. The maximum absolute atomic E-state index is 12.1. The van der Waals surface area contributed by atoms with Gasteiger partial charge in [0.2, 0.25) is 0 Å². The number of aromatic nitrogens is 3. The van der Waals surface area contributed by atoms with Crippen molar-refractivity contribution in [3.05, 3.63) is 59.5 Å². The number of nitrogens with zero attached hydrogens (tertiary/aromatic N) is 3. The van der Waals surface area contributed by atoms with Crippen LogP contribution in [0.15, 0.2) is 48.8 Å². The van der Waals surface area contributed by atoms with E-state index >= 15 is 0 Å². The molecule has 4 rings (SSSR count). The molecule has 5 nitrogen and oxygen atoms in total. The van der Waals surface area contributed by atoms with Gasteiger partial charge in [0.1, 0.15) is 5.15 Å². The van der Waals surface area contributed by atoms with Gasteiger partial charge in [-0.3, -0.25) is 9.78 Å². The van der Waals surface area contributed by atoms with E-state index in [1.807, 2.05) is 41.9 Å². The summed E-state index contributed by atoms with van der Waals surface area (Å²) in [5, 5.41) is 2.14. The third-order valence-corrected chi connectivity index (χ3v) is 4.39. The second kappa shape index (κ2) is 5.32.